The van der Waals surface area contributed by atoms with Gasteiger partial charge < -0.3 is 9.72 Å². The number of H-pyrrole nitrogens is 1. The SMILES string of the molecule is N[C@@H](Cc1c[nH]c2ccccc12)OC=O. The lowest BCUT2D eigenvalue weighted by atomic mass is 10.1. The Labute approximate surface area is 87.0 Å². The first-order chi connectivity index (χ1) is 7.31. The number of ether oxygens (including phenoxy) is 1. The van der Waals surface area contributed by atoms with Crippen LogP contribution in [-0.2, 0) is 16.0 Å². The van der Waals surface area contributed by atoms with Crippen molar-refractivity contribution in [2.45, 2.75) is 12.6 Å². The van der Waals surface area contributed by atoms with Crippen LogP contribution in [0.5, 0.6) is 0 Å². The predicted octanol–water partition coefficient (Wildman–Crippen LogP) is 1.17. The molecule has 2 rings (SSSR count). The van der Waals surface area contributed by atoms with Gasteiger partial charge in [-0.2, -0.15) is 0 Å². The molecule has 1 aromatic heterocycles. The summed E-state index contributed by atoms with van der Waals surface area (Å²) < 4.78 is 4.65. The second kappa shape index (κ2) is 4.14. The number of nitrogens with one attached hydrogen (secondary N) is 1. The van der Waals surface area contributed by atoms with Gasteiger partial charge in [0.1, 0.15) is 0 Å². The summed E-state index contributed by atoms with van der Waals surface area (Å²) in [6.07, 6.45) is 1.82. The van der Waals surface area contributed by atoms with E-state index < -0.39 is 6.23 Å². The van der Waals surface area contributed by atoms with Crippen LogP contribution in [0, 0.1) is 0 Å². The highest BCUT2D eigenvalue weighted by molar-refractivity contribution is 5.83. The van der Waals surface area contributed by atoms with Crippen molar-refractivity contribution in [2.75, 3.05) is 0 Å². The average Bonchev–Trinajstić information content (AvgIpc) is 2.62. The summed E-state index contributed by atoms with van der Waals surface area (Å²) >= 11 is 0. The molecule has 4 heteroatoms. The second-order valence-electron chi connectivity index (χ2n) is 3.33. The lowest BCUT2D eigenvalue weighted by Crippen LogP contribution is -2.25. The van der Waals surface area contributed by atoms with Crippen LogP contribution in [0.4, 0.5) is 0 Å². The highest BCUT2D eigenvalue weighted by Gasteiger charge is 2.08. The molecule has 4 nitrogen and oxygen atoms in total. The maximum atomic E-state index is 10.1. The Morgan fingerprint density at radius 1 is 1.47 bits per heavy atom. The third kappa shape index (κ3) is 1.99. The van der Waals surface area contributed by atoms with Gasteiger partial charge in [-0.25, -0.2) is 0 Å². The highest BCUT2D eigenvalue weighted by atomic mass is 16.5. The number of aromatic amines is 1. The number of aromatic nitrogens is 1. The first-order valence-electron chi connectivity index (χ1n) is 4.71. The van der Waals surface area contributed by atoms with Crippen LogP contribution in [0.3, 0.4) is 0 Å². The zero-order chi connectivity index (χ0) is 10.7. The van der Waals surface area contributed by atoms with Gasteiger partial charge in [-0.15, -0.1) is 0 Å². The van der Waals surface area contributed by atoms with Crippen molar-refractivity contribution in [1.82, 2.24) is 4.98 Å². The van der Waals surface area contributed by atoms with Gasteiger partial charge in [-0.1, -0.05) is 18.2 Å². The number of rotatable bonds is 4. The fourth-order valence-electron chi connectivity index (χ4n) is 1.64. The Morgan fingerprint density at radius 2 is 2.27 bits per heavy atom. The maximum absolute atomic E-state index is 10.1. The smallest absolute Gasteiger partial charge is 0.294 e. The molecule has 2 aromatic rings. The molecular formula is C11H12N2O2. The number of fused-ring (bicyclic) bond motifs is 1. The van der Waals surface area contributed by atoms with Gasteiger partial charge in [-0.3, -0.25) is 10.5 Å². The van der Waals surface area contributed by atoms with E-state index in [1.807, 2.05) is 30.5 Å². The molecule has 0 bridgehead atoms. The molecule has 15 heavy (non-hydrogen) atoms. The average molecular weight is 204 g/mol. The van der Waals surface area contributed by atoms with Crippen LogP contribution < -0.4 is 5.73 Å². The number of hydrogen-bond acceptors (Lipinski definition) is 3. The van der Waals surface area contributed by atoms with E-state index in [-0.39, 0.29) is 0 Å². The molecule has 0 saturated heterocycles. The van der Waals surface area contributed by atoms with E-state index in [1.165, 1.54) is 0 Å². The molecule has 1 atom stereocenters. The summed E-state index contributed by atoms with van der Waals surface area (Å²) in [6.45, 7) is 0.375. The molecular weight excluding hydrogens is 192 g/mol. The standard InChI is InChI=1S/C11H12N2O2/c12-11(15-7-14)5-8-6-13-10-4-2-1-3-9(8)10/h1-4,6-7,11,13H,5,12H2/t11-/m1/s1. The summed E-state index contributed by atoms with van der Waals surface area (Å²) in [6, 6.07) is 7.93. The normalized spacial score (nSPS) is 12.6. The molecule has 0 amide bonds. The fourth-order valence-corrected chi connectivity index (χ4v) is 1.64. The maximum Gasteiger partial charge on any atom is 0.294 e. The third-order valence-electron chi connectivity index (χ3n) is 2.33. The van der Waals surface area contributed by atoms with Gasteiger partial charge in [0.15, 0.2) is 6.23 Å². The molecule has 0 fully saturated rings. The van der Waals surface area contributed by atoms with Crippen LogP contribution in [-0.4, -0.2) is 17.7 Å². The first kappa shape index (κ1) is 9.73. The van der Waals surface area contributed by atoms with Crippen molar-refractivity contribution < 1.29 is 9.53 Å². The number of nitrogens with two attached hydrogens (primary N) is 1. The lowest BCUT2D eigenvalue weighted by Gasteiger charge is -2.07. The van der Waals surface area contributed by atoms with Gasteiger partial charge >= 0.3 is 0 Å². The molecule has 0 radical (unpaired) electrons. The van der Waals surface area contributed by atoms with Crippen LogP contribution in [0.15, 0.2) is 30.5 Å². The molecule has 78 valence electrons. The highest BCUT2D eigenvalue weighted by Crippen LogP contribution is 2.18. The topological polar surface area (TPSA) is 68.1 Å². The second-order valence-corrected chi connectivity index (χ2v) is 3.33. The molecule has 1 heterocycles. The van der Waals surface area contributed by atoms with E-state index in [0.29, 0.717) is 12.9 Å². The van der Waals surface area contributed by atoms with E-state index in [1.54, 1.807) is 0 Å². The van der Waals surface area contributed by atoms with E-state index in [0.717, 1.165) is 16.5 Å². The first-order valence-corrected chi connectivity index (χ1v) is 4.71. The number of benzene rings is 1. The Hall–Kier alpha value is -1.81. The van der Waals surface area contributed by atoms with Crippen LogP contribution in [0.2, 0.25) is 0 Å². The molecule has 0 unspecified atom stereocenters. The summed E-state index contributed by atoms with van der Waals surface area (Å²) in [7, 11) is 0. The fraction of sp³-hybridized carbons (Fsp3) is 0.182. The van der Waals surface area contributed by atoms with Crippen molar-refractivity contribution in [3.63, 3.8) is 0 Å². The van der Waals surface area contributed by atoms with E-state index in [2.05, 4.69) is 9.72 Å². The molecule has 0 saturated carbocycles. The van der Waals surface area contributed by atoms with Crippen LogP contribution in [0.1, 0.15) is 5.56 Å². The van der Waals surface area contributed by atoms with Gasteiger partial charge in [0.25, 0.3) is 6.47 Å². The van der Waals surface area contributed by atoms with Gasteiger partial charge in [0, 0.05) is 23.5 Å². The van der Waals surface area contributed by atoms with Crippen molar-refractivity contribution in [2.24, 2.45) is 5.73 Å². The van der Waals surface area contributed by atoms with Gasteiger partial charge in [-0.05, 0) is 11.6 Å². The monoisotopic (exact) mass is 204 g/mol. The third-order valence-corrected chi connectivity index (χ3v) is 2.33. The Morgan fingerprint density at radius 3 is 3.07 bits per heavy atom. The Bertz CT molecular complexity index is 464. The number of carbonyl (C=O) groups is 1. The lowest BCUT2D eigenvalue weighted by molar-refractivity contribution is -0.133. The molecule has 0 aliphatic rings. The summed E-state index contributed by atoms with van der Waals surface area (Å²) in [4.78, 5) is 13.2. The number of hydrogen-bond donors (Lipinski definition) is 2. The van der Waals surface area contributed by atoms with Crippen molar-refractivity contribution in [1.29, 1.82) is 0 Å². The van der Waals surface area contributed by atoms with E-state index >= 15 is 0 Å². The summed E-state index contributed by atoms with van der Waals surface area (Å²) in [5, 5.41) is 1.11. The van der Waals surface area contributed by atoms with Crippen LogP contribution >= 0.6 is 0 Å². The summed E-state index contributed by atoms with van der Waals surface area (Å²) in [5.41, 5.74) is 7.72. The summed E-state index contributed by atoms with van der Waals surface area (Å²) in [5.74, 6) is 0. The van der Waals surface area contributed by atoms with Crippen molar-refractivity contribution >= 4 is 17.4 Å². The van der Waals surface area contributed by atoms with Crippen LogP contribution in [0.25, 0.3) is 10.9 Å². The van der Waals surface area contributed by atoms with E-state index in [9.17, 15) is 4.79 Å². The minimum Gasteiger partial charge on any atom is -0.449 e. The van der Waals surface area contributed by atoms with Gasteiger partial charge in [0.05, 0.1) is 0 Å². The minimum absolute atomic E-state index is 0.375. The van der Waals surface area contributed by atoms with E-state index in [4.69, 9.17) is 5.73 Å². The number of carbonyl (C=O) groups excluding carboxylic acids is 1. The molecule has 0 spiro atoms. The predicted molar refractivity (Wildman–Crippen MR) is 57.1 cm³/mol. The minimum atomic E-state index is -0.582. The zero-order valence-electron chi connectivity index (χ0n) is 8.14. The quantitative estimate of drug-likeness (QED) is 0.580. The van der Waals surface area contributed by atoms with Crippen molar-refractivity contribution in [3.8, 4) is 0 Å². The van der Waals surface area contributed by atoms with Gasteiger partial charge in [0.2, 0.25) is 0 Å². The molecule has 1 aromatic carbocycles. The van der Waals surface area contributed by atoms with Crippen molar-refractivity contribution in [3.05, 3.63) is 36.0 Å². The zero-order valence-corrected chi connectivity index (χ0v) is 8.14. The molecule has 3 N–H and O–H groups in total. The Kier molecular flexibility index (Phi) is 2.69. The Balaban J connectivity index is 2.24. The number of para-hydroxylation sites is 1. The molecule has 0 aliphatic carbocycles. The molecule has 0 aliphatic heterocycles. The largest absolute Gasteiger partial charge is 0.449 e.